The van der Waals surface area contributed by atoms with Gasteiger partial charge in [-0.05, 0) is 47.9 Å². The largest absolute Gasteiger partial charge is 0.497 e. The molecule has 146 valence electrons. The van der Waals surface area contributed by atoms with E-state index in [0.29, 0.717) is 23.0 Å². The van der Waals surface area contributed by atoms with Crippen molar-refractivity contribution >= 4 is 34.2 Å². The van der Waals surface area contributed by atoms with Gasteiger partial charge in [0, 0.05) is 17.4 Å². The lowest BCUT2D eigenvalue weighted by atomic mass is 9.99. The molecule has 7 heteroatoms. The second-order valence-electron chi connectivity index (χ2n) is 6.59. The molecule has 1 aromatic heterocycles. The number of nitrogens with two attached hydrogens (primary N) is 1. The van der Waals surface area contributed by atoms with Crippen LogP contribution < -0.4 is 21.1 Å². The number of nitrogen functional groups attached to an aromatic ring is 1. The maximum Gasteiger partial charge on any atom is 0.323 e. The minimum atomic E-state index is -0.341. The number of aryl methyl sites for hydroxylation is 1. The summed E-state index contributed by atoms with van der Waals surface area (Å²) in [5, 5.41) is 10.4. The number of hydrogen-bond acceptors (Lipinski definition) is 5. The minimum Gasteiger partial charge on any atom is -0.497 e. The van der Waals surface area contributed by atoms with Crippen molar-refractivity contribution < 1.29 is 14.1 Å². The van der Waals surface area contributed by atoms with E-state index in [9.17, 15) is 4.79 Å². The zero-order valence-corrected chi connectivity index (χ0v) is 16.0. The number of carbonyl (C=O) groups excluding carboxylic acids is 1. The van der Waals surface area contributed by atoms with E-state index >= 15 is 0 Å². The molecule has 3 aromatic carbocycles. The number of rotatable bonds is 4. The Bertz CT molecular complexity index is 1180. The van der Waals surface area contributed by atoms with Crippen molar-refractivity contribution in [2.24, 2.45) is 0 Å². The zero-order valence-electron chi connectivity index (χ0n) is 16.0. The van der Waals surface area contributed by atoms with Gasteiger partial charge in [-0.1, -0.05) is 35.5 Å². The standard InChI is InChI=1S/C22H20N4O3/c1-13-6-11-18(19-20(13)26-29-21(19)23)14-7-9-15(10-8-14)24-22(27)25-16-4-3-5-17(12-16)28-2/h3-12H,23H2,1-2H3,(H2,24,25,27). The third-order valence-corrected chi connectivity index (χ3v) is 4.64. The number of carbonyl (C=O) groups is 1. The van der Waals surface area contributed by atoms with Gasteiger partial charge in [0.25, 0.3) is 0 Å². The Balaban J connectivity index is 1.52. The van der Waals surface area contributed by atoms with Crippen LogP contribution in [0, 0.1) is 6.92 Å². The van der Waals surface area contributed by atoms with Crippen molar-refractivity contribution in [3.8, 4) is 16.9 Å². The minimum absolute atomic E-state index is 0.290. The van der Waals surface area contributed by atoms with Crippen LogP contribution in [0.15, 0.2) is 65.2 Å². The summed E-state index contributed by atoms with van der Waals surface area (Å²) in [4.78, 5) is 12.3. The average Bonchev–Trinajstić information content (AvgIpc) is 3.12. The van der Waals surface area contributed by atoms with E-state index < -0.39 is 0 Å². The monoisotopic (exact) mass is 388 g/mol. The third kappa shape index (κ3) is 3.70. The second kappa shape index (κ2) is 7.55. The first kappa shape index (κ1) is 18.4. The van der Waals surface area contributed by atoms with Gasteiger partial charge in [-0.2, -0.15) is 0 Å². The molecule has 0 saturated heterocycles. The number of methoxy groups -OCH3 is 1. The van der Waals surface area contributed by atoms with Crippen LogP contribution in [-0.2, 0) is 0 Å². The maximum absolute atomic E-state index is 12.3. The number of ether oxygens (including phenoxy) is 1. The molecule has 4 N–H and O–H groups in total. The van der Waals surface area contributed by atoms with Crippen LogP contribution in [0.5, 0.6) is 5.75 Å². The summed E-state index contributed by atoms with van der Waals surface area (Å²) >= 11 is 0. The SMILES string of the molecule is COc1cccc(NC(=O)Nc2ccc(-c3ccc(C)c4noc(N)c34)cc2)c1. The van der Waals surface area contributed by atoms with E-state index in [1.807, 2.05) is 55.5 Å². The number of anilines is 3. The summed E-state index contributed by atoms with van der Waals surface area (Å²) < 4.78 is 10.3. The quantitative estimate of drug-likeness (QED) is 0.455. The van der Waals surface area contributed by atoms with Gasteiger partial charge in [0.15, 0.2) is 0 Å². The Morgan fingerprint density at radius 1 is 1.03 bits per heavy atom. The van der Waals surface area contributed by atoms with Gasteiger partial charge in [0.05, 0.1) is 12.5 Å². The first-order valence-electron chi connectivity index (χ1n) is 9.02. The summed E-state index contributed by atoms with van der Waals surface area (Å²) in [6.45, 7) is 1.96. The number of urea groups is 1. The van der Waals surface area contributed by atoms with Crippen LogP contribution in [0.3, 0.4) is 0 Å². The molecule has 7 nitrogen and oxygen atoms in total. The highest BCUT2D eigenvalue weighted by Crippen LogP contribution is 2.34. The van der Waals surface area contributed by atoms with Crippen LogP contribution in [-0.4, -0.2) is 18.3 Å². The number of amides is 2. The number of nitrogens with one attached hydrogen (secondary N) is 2. The number of hydrogen-bond donors (Lipinski definition) is 3. The molecule has 0 atom stereocenters. The van der Waals surface area contributed by atoms with Crippen molar-refractivity contribution in [3.63, 3.8) is 0 Å². The second-order valence-corrected chi connectivity index (χ2v) is 6.59. The molecular weight excluding hydrogens is 368 g/mol. The van der Waals surface area contributed by atoms with Crippen LogP contribution in [0.1, 0.15) is 5.56 Å². The normalized spacial score (nSPS) is 10.7. The molecule has 0 aliphatic carbocycles. The fourth-order valence-corrected chi connectivity index (χ4v) is 3.17. The number of aromatic nitrogens is 1. The Labute approximate surface area is 167 Å². The molecule has 0 bridgehead atoms. The number of fused-ring (bicyclic) bond motifs is 1. The van der Waals surface area contributed by atoms with E-state index in [0.717, 1.165) is 27.6 Å². The van der Waals surface area contributed by atoms with Crippen molar-refractivity contribution in [2.45, 2.75) is 6.92 Å². The molecule has 0 aliphatic heterocycles. The first-order chi connectivity index (χ1) is 14.0. The van der Waals surface area contributed by atoms with Crippen LogP contribution in [0.4, 0.5) is 22.1 Å². The smallest absolute Gasteiger partial charge is 0.323 e. The highest BCUT2D eigenvalue weighted by molar-refractivity contribution is 6.03. The topological polar surface area (TPSA) is 102 Å². The van der Waals surface area contributed by atoms with E-state index in [-0.39, 0.29) is 6.03 Å². The number of nitrogens with zero attached hydrogens (tertiary/aromatic N) is 1. The molecule has 0 spiro atoms. The Morgan fingerprint density at radius 2 is 1.79 bits per heavy atom. The lowest BCUT2D eigenvalue weighted by Crippen LogP contribution is -2.19. The molecule has 0 aliphatic rings. The van der Waals surface area contributed by atoms with Gasteiger partial charge in [-0.15, -0.1) is 0 Å². The third-order valence-electron chi connectivity index (χ3n) is 4.64. The van der Waals surface area contributed by atoms with Crippen molar-refractivity contribution in [1.29, 1.82) is 0 Å². The predicted octanol–water partition coefficient (Wildman–Crippen LogP) is 5.04. The van der Waals surface area contributed by atoms with E-state index in [1.165, 1.54) is 0 Å². The molecule has 2 amide bonds. The fraction of sp³-hybridized carbons (Fsp3) is 0.0909. The van der Waals surface area contributed by atoms with E-state index in [4.69, 9.17) is 15.0 Å². The van der Waals surface area contributed by atoms with Gasteiger partial charge in [-0.25, -0.2) is 4.79 Å². The van der Waals surface area contributed by atoms with Crippen LogP contribution in [0.2, 0.25) is 0 Å². The maximum atomic E-state index is 12.3. The average molecular weight is 388 g/mol. The first-order valence-corrected chi connectivity index (χ1v) is 9.02. The Morgan fingerprint density at radius 3 is 2.55 bits per heavy atom. The van der Waals surface area contributed by atoms with Crippen molar-refractivity contribution in [3.05, 3.63) is 66.2 Å². The number of benzene rings is 3. The zero-order chi connectivity index (χ0) is 20.4. The molecular formula is C22H20N4O3. The molecule has 29 heavy (non-hydrogen) atoms. The summed E-state index contributed by atoms with van der Waals surface area (Å²) in [5.74, 6) is 0.961. The fourth-order valence-electron chi connectivity index (χ4n) is 3.17. The van der Waals surface area contributed by atoms with E-state index in [1.54, 1.807) is 19.2 Å². The van der Waals surface area contributed by atoms with Crippen molar-refractivity contribution in [2.75, 3.05) is 23.5 Å². The summed E-state index contributed by atoms with van der Waals surface area (Å²) in [5.41, 5.74) is 10.9. The van der Waals surface area contributed by atoms with E-state index in [2.05, 4.69) is 15.8 Å². The predicted molar refractivity (Wildman–Crippen MR) is 114 cm³/mol. The highest BCUT2D eigenvalue weighted by Gasteiger charge is 2.14. The molecule has 0 radical (unpaired) electrons. The van der Waals surface area contributed by atoms with Gasteiger partial charge in [0.1, 0.15) is 11.3 Å². The molecule has 0 unspecified atom stereocenters. The lowest BCUT2D eigenvalue weighted by molar-refractivity contribution is 0.262. The van der Waals surface area contributed by atoms with Gasteiger partial charge in [-0.3, -0.25) is 0 Å². The summed E-state index contributed by atoms with van der Waals surface area (Å²) in [6.07, 6.45) is 0. The Kier molecular flexibility index (Phi) is 4.78. The molecule has 0 saturated carbocycles. The molecule has 4 rings (SSSR count). The summed E-state index contributed by atoms with van der Waals surface area (Å²) in [7, 11) is 1.58. The van der Waals surface area contributed by atoms with Gasteiger partial charge >= 0.3 is 6.03 Å². The van der Waals surface area contributed by atoms with Crippen LogP contribution >= 0.6 is 0 Å². The lowest BCUT2D eigenvalue weighted by Gasteiger charge is -2.10. The Hall–Kier alpha value is -4.00. The van der Waals surface area contributed by atoms with Gasteiger partial charge < -0.3 is 25.6 Å². The van der Waals surface area contributed by atoms with Crippen molar-refractivity contribution in [1.82, 2.24) is 5.16 Å². The highest BCUT2D eigenvalue weighted by atomic mass is 16.5. The van der Waals surface area contributed by atoms with Crippen LogP contribution in [0.25, 0.3) is 22.0 Å². The molecule has 0 fully saturated rings. The summed E-state index contributed by atoms with van der Waals surface area (Å²) in [6, 6.07) is 18.3. The molecule has 4 aromatic rings. The molecule has 1 heterocycles. The van der Waals surface area contributed by atoms with Gasteiger partial charge in [0.2, 0.25) is 5.88 Å².